The van der Waals surface area contributed by atoms with Gasteiger partial charge < -0.3 is 20.3 Å². The first-order valence-corrected chi connectivity index (χ1v) is 7.03. The van der Waals surface area contributed by atoms with Gasteiger partial charge in [0.05, 0.1) is 35.1 Å². The highest BCUT2D eigenvalue weighted by Crippen LogP contribution is 2.41. The van der Waals surface area contributed by atoms with Crippen LogP contribution in [0.5, 0.6) is 0 Å². The molecule has 0 atom stereocenters. The lowest BCUT2D eigenvalue weighted by Crippen LogP contribution is -2.50. The van der Waals surface area contributed by atoms with E-state index in [-0.39, 0.29) is 6.10 Å². The molecule has 2 aliphatic heterocycles. The molecule has 3 N–H and O–H groups in total. The maximum atomic E-state index is 9.55. The number of halogens is 1. The van der Waals surface area contributed by atoms with Gasteiger partial charge in [-0.3, -0.25) is 0 Å². The van der Waals surface area contributed by atoms with Crippen LogP contribution in [0.4, 0.5) is 5.82 Å². The first-order valence-electron chi connectivity index (χ1n) is 6.65. The zero-order valence-corrected chi connectivity index (χ0v) is 11.8. The number of aliphatic hydroxyl groups is 1. The number of H-pyrrole nitrogens is 1. The number of hydrogen-bond acceptors (Lipinski definition) is 5. The molecule has 0 aromatic carbocycles. The van der Waals surface area contributed by atoms with E-state index in [0.29, 0.717) is 30.4 Å². The second-order valence-corrected chi connectivity index (χ2v) is 5.72. The van der Waals surface area contributed by atoms with Crippen LogP contribution >= 0.6 is 11.6 Å². The van der Waals surface area contributed by atoms with E-state index < -0.39 is 0 Å². The van der Waals surface area contributed by atoms with Crippen molar-refractivity contribution in [1.82, 2.24) is 14.9 Å². The Balaban J connectivity index is 1.93. The van der Waals surface area contributed by atoms with Gasteiger partial charge in [0.25, 0.3) is 0 Å². The first-order chi connectivity index (χ1) is 10.2. The van der Waals surface area contributed by atoms with E-state index >= 15 is 0 Å². The maximum Gasteiger partial charge on any atom is 0.141 e. The van der Waals surface area contributed by atoms with Gasteiger partial charge >= 0.3 is 0 Å². The fourth-order valence-electron chi connectivity index (χ4n) is 2.89. The predicted octanol–water partition coefficient (Wildman–Crippen LogP) is 1.44. The number of nitriles is 1. The number of aromatic amines is 1. The van der Waals surface area contributed by atoms with Gasteiger partial charge in [0, 0.05) is 24.0 Å². The number of nitrogens with one attached hydrogen (secondary N) is 2. The van der Waals surface area contributed by atoms with Crippen LogP contribution in [-0.4, -0.2) is 45.7 Å². The number of likely N-dealkylation sites (tertiary alicyclic amines) is 1. The summed E-state index contributed by atoms with van der Waals surface area (Å²) < 4.78 is 0. The molecule has 0 amide bonds. The summed E-state index contributed by atoms with van der Waals surface area (Å²) >= 11 is 6.40. The van der Waals surface area contributed by atoms with Gasteiger partial charge in [-0.2, -0.15) is 5.26 Å². The molecule has 4 heterocycles. The van der Waals surface area contributed by atoms with Crippen LogP contribution < -0.4 is 5.32 Å². The van der Waals surface area contributed by atoms with E-state index in [1.54, 1.807) is 12.3 Å². The molecule has 2 aromatic heterocycles. The van der Waals surface area contributed by atoms with Crippen molar-refractivity contribution in [2.45, 2.75) is 6.10 Å². The molecule has 6 nitrogen and oxygen atoms in total. The number of β-amino-alcohol motifs (C(OH)–C–C–N with tert-alkyl or cyclic N) is 1. The number of fused-ring (bicyclic) bond motifs is 3. The van der Waals surface area contributed by atoms with E-state index in [4.69, 9.17) is 16.9 Å². The van der Waals surface area contributed by atoms with Crippen LogP contribution in [0, 0.1) is 11.3 Å². The topological polar surface area (TPSA) is 88.0 Å². The number of anilines is 1. The third kappa shape index (κ3) is 1.78. The number of rotatable bonds is 1. The molecule has 21 heavy (non-hydrogen) atoms. The molecule has 0 radical (unpaired) electrons. The van der Waals surface area contributed by atoms with Crippen LogP contribution in [-0.2, 0) is 0 Å². The van der Waals surface area contributed by atoms with Crippen LogP contribution in [0.3, 0.4) is 0 Å². The summed E-state index contributed by atoms with van der Waals surface area (Å²) in [5, 5.41) is 23.5. The smallest absolute Gasteiger partial charge is 0.141 e. The van der Waals surface area contributed by atoms with Gasteiger partial charge in [-0.05, 0) is 6.07 Å². The van der Waals surface area contributed by atoms with Crippen molar-refractivity contribution < 1.29 is 5.11 Å². The molecule has 0 unspecified atom stereocenters. The SMILES string of the molecule is N#Cc1cc2c3c([nH]c2cn1)NCC(Cl)=C3N1CC(O)C1. The quantitative estimate of drug-likeness (QED) is 0.742. The highest BCUT2D eigenvalue weighted by Gasteiger charge is 2.33. The molecule has 0 spiro atoms. The Hall–Kier alpha value is -2.23. The molecule has 2 aliphatic rings. The largest absolute Gasteiger partial charge is 0.389 e. The summed E-state index contributed by atoms with van der Waals surface area (Å²) in [6, 6.07) is 3.82. The number of aromatic nitrogens is 2. The van der Waals surface area contributed by atoms with E-state index in [2.05, 4.69) is 26.3 Å². The Bertz CT molecular complexity index is 813. The summed E-state index contributed by atoms with van der Waals surface area (Å²) in [7, 11) is 0. The van der Waals surface area contributed by atoms with Crippen LogP contribution in [0.15, 0.2) is 17.3 Å². The predicted molar refractivity (Wildman–Crippen MR) is 79.7 cm³/mol. The van der Waals surface area contributed by atoms with Gasteiger partial charge in [0.1, 0.15) is 17.6 Å². The fourth-order valence-corrected chi connectivity index (χ4v) is 3.17. The molecule has 0 bridgehead atoms. The van der Waals surface area contributed by atoms with Crippen molar-refractivity contribution in [2.75, 3.05) is 25.0 Å². The Kier molecular flexibility index (Phi) is 2.61. The van der Waals surface area contributed by atoms with Crippen molar-refractivity contribution in [3.8, 4) is 6.07 Å². The van der Waals surface area contributed by atoms with E-state index in [0.717, 1.165) is 28.0 Å². The number of aliphatic hydroxyl groups excluding tert-OH is 1. The molecule has 1 saturated heterocycles. The number of hydrogen-bond donors (Lipinski definition) is 3. The molecule has 1 fully saturated rings. The van der Waals surface area contributed by atoms with Crippen molar-refractivity contribution >= 4 is 34.0 Å². The summed E-state index contributed by atoms with van der Waals surface area (Å²) in [6.07, 6.45) is 1.35. The average molecular weight is 302 g/mol. The summed E-state index contributed by atoms with van der Waals surface area (Å²) in [5.41, 5.74) is 3.11. The van der Waals surface area contributed by atoms with E-state index in [1.165, 1.54) is 0 Å². The summed E-state index contributed by atoms with van der Waals surface area (Å²) in [5.74, 6) is 0.877. The van der Waals surface area contributed by atoms with Crippen molar-refractivity contribution in [2.24, 2.45) is 0 Å². The second kappa shape index (κ2) is 4.38. The zero-order chi connectivity index (χ0) is 14.6. The second-order valence-electron chi connectivity index (χ2n) is 5.27. The Morgan fingerprint density at radius 2 is 2.29 bits per heavy atom. The highest BCUT2D eigenvalue weighted by molar-refractivity contribution is 6.34. The van der Waals surface area contributed by atoms with Gasteiger partial charge in [0.15, 0.2) is 0 Å². The van der Waals surface area contributed by atoms with Crippen LogP contribution in [0.1, 0.15) is 11.3 Å². The standard InChI is InChI=1S/C14H12ClN5O/c15-10-3-18-14-12(13(10)20-5-8(21)6-20)9-1-7(2-16)17-4-11(9)19-14/h1,4,8,18-19,21H,3,5-6H2. The third-order valence-corrected chi connectivity index (χ3v) is 4.20. The minimum atomic E-state index is -0.304. The highest BCUT2D eigenvalue weighted by atomic mass is 35.5. The van der Waals surface area contributed by atoms with Crippen molar-refractivity contribution in [1.29, 1.82) is 5.26 Å². The average Bonchev–Trinajstić information content (AvgIpc) is 2.82. The van der Waals surface area contributed by atoms with Crippen molar-refractivity contribution in [3.05, 3.63) is 28.6 Å². The summed E-state index contributed by atoms with van der Waals surface area (Å²) in [6.45, 7) is 1.70. The molecule has 0 aliphatic carbocycles. The van der Waals surface area contributed by atoms with Crippen LogP contribution in [0.2, 0.25) is 0 Å². The number of nitrogens with zero attached hydrogens (tertiary/aromatic N) is 3. The maximum absolute atomic E-state index is 9.55. The first kappa shape index (κ1) is 12.5. The fraction of sp³-hybridized carbons (Fsp3) is 0.286. The van der Waals surface area contributed by atoms with Crippen LogP contribution in [0.25, 0.3) is 16.6 Å². The Labute approximate surface area is 125 Å². The van der Waals surface area contributed by atoms with Gasteiger partial charge in [-0.25, -0.2) is 4.98 Å². The zero-order valence-electron chi connectivity index (χ0n) is 11.0. The minimum absolute atomic E-state index is 0.304. The third-order valence-electron chi connectivity index (χ3n) is 3.89. The summed E-state index contributed by atoms with van der Waals surface area (Å²) in [4.78, 5) is 9.41. The van der Waals surface area contributed by atoms with Gasteiger partial charge in [0.2, 0.25) is 0 Å². The molecule has 7 heteroatoms. The monoisotopic (exact) mass is 301 g/mol. The van der Waals surface area contributed by atoms with Gasteiger partial charge in [-0.1, -0.05) is 11.6 Å². The molecule has 4 rings (SSSR count). The lowest BCUT2D eigenvalue weighted by Gasteiger charge is -2.41. The Morgan fingerprint density at radius 3 is 3.00 bits per heavy atom. The molecule has 2 aromatic rings. The molecule has 0 saturated carbocycles. The van der Waals surface area contributed by atoms with E-state index in [1.807, 2.05) is 0 Å². The minimum Gasteiger partial charge on any atom is -0.389 e. The Morgan fingerprint density at radius 1 is 1.48 bits per heavy atom. The molecular weight excluding hydrogens is 290 g/mol. The normalized spacial score (nSPS) is 18.2. The molecule has 106 valence electrons. The lowest BCUT2D eigenvalue weighted by atomic mass is 10.0. The van der Waals surface area contributed by atoms with Gasteiger partial charge in [-0.15, -0.1) is 0 Å². The molecular formula is C14H12ClN5O. The number of pyridine rings is 1. The van der Waals surface area contributed by atoms with Crippen molar-refractivity contribution in [3.63, 3.8) is 0 Å². The lowest BCUT2D eigenvalue weighted by molar-refractivity contribution is 0.0400. The van der Waals surface area contributed by atoms with E-state index in [9.17, 15) is 5.11 Å².